The summed E-state index contributed by atoms with van der Waals surface area (Å²) in [5.74, 6) is -2.08. The van der Waals surface area contributed by atoms with E-state index in [1.54, 1.807) is 0 Å². The van der Waals surface area contributed by atoms with Crippen molar-refractivity contribution >= 4 is 11.3 Å². The van der Waals surface area contributed by atoms with Crippen molar-refractivity contribution in [3.8, 4) is 0 Å². The third-order valence-electron chi connectivity index (χ3n) is 2.07. The van der Waals surface area contributed by atoms with Crippen LogP contribution in [-0.4, -0.2) is 11.5 Å². The van der Waals surface area contributed by atoms with Crippen molar-refractivity contribution in [1.29, 1.82) is 0 Å². The zero-order chi connectivity index (χ0) is 12.3. The molecule has 0 fully saturated rings. The fourth-order valence-electron chi connectivity index (χ4n) is 1.31. The zero-order valence-corrected chi connectivity index (χ0v) is 8.37. The summed E-state index contributed by atoms with van der Waals surface area (Å²) in [5.41, 5.74) is 4.11. The smallest absolute Gasteiger partial charge is 0.305 e. The molecule has 1 aromatic carbocycles. The van der Waals surface area contributed by atoms with Crippen molar-refractivity contribution < 1.29 is 13.7 Å². The highest BCUT2D eigenvalue weighted by Gasteiger charge is 2.22. The molecular formula is C10H10F2N2O2. The van der Waals surface area contributed by atoms with E-state index in [0.29, 0.717) is 0 Å². The van der Waals surface area contributed by atoms with E-state index in [2.05, 4.69) is 6.58 Å². The number of nitro groups is 1. The summed E-state index contributed by atoms with van der Waals surface area (Å²) in [6.07, 6.45) is 0.176. The van der Waals surface area contributed by atoms with E-state index < -0.39 is 27.8 Å². The van der Waals surface area contributed by atoms with Crippen molar-refractivity contribution in [1.82, 2.24) is 0 Å². The number of hydrogen-bond donors (Lipinski definition) is 1. The molecule has 0 saturated heterocycles. The van der Waals surface area contributed by atoms with Crippen molar-refractivity contribution in [2.24, 2.45) is 5.73 Å². The van der Waals surface area contributed by atoms with Gasteiger partial charge >= 0.3 is 5.69 Å². The van der Waals surface area contributed by atoms with Crippen LogP contribution in [0.25, 0.3) is 5.57 Å². The van der Waals surface area contributed by atoms with Gasteiger partial charge in [-0.1, -0.05) is 6.58 Å². The quantitative estimate of drug-likeness (QED) is 0.634. The number of hydrogen-bond acceptors (Lipinski definition) is 3. The molecule has 0 unspecified atom stereocenters. The van der Waals surface area contributed by atoms with Crippen LogP contribution in [0, 0.1) is 21.7 Å². The fourth-order valence-corrected chi connectivity index (χ4v) is 1.31. The number of nitrogens with zero attached hydrogens (tertiary/aromatic N) is 1. The number of nitrogens with two attached hydrogens (primary N) is 1. The first kappa shape index (κ1) is 12.3. The second kappa shape index (κ2) is 4.80. The van der Waals surface area contributed by atoms with E-state index in [-0.39, 0.29) is 18.5 Å². The van der Waals surface area contributed by atoms with Gasteiger partial charge in [-0.2, -0.15) is 4.39 Å². The highest BCUT2D eigenvalue weighted by molar-refractivity contribution is 5.67. The van der Waals surface area contributed by atoms with Crippen LogP contribution in [0.15, 0.2) is 18.7 Å². The van der Waals surface area contributed by atoms with Gasteiger partial charge in [0, 0.05) is 6.07 Å². The molecule has 0 aliphatic heterocycles. The third kappa shape index (κ3) is 2.22. The Morgan fingerprint density at radius 2 is 2.12 bits per heavy atom. The van der Waals surface area contributed by atoms with Crippen LogP contribution < -0.4 is 5.73 Å². The van der Waals surface area contributed by atoms with Crippen LogP contribution in [0.4, 0.5) is 14.5 Å². The highest BCUT2D eigenvalue weighted by Crippen LogP contribution is 2.28. The lowest BCUT2D eigenvalue weighted by atomic mass is 10.0. The van der Waals surface area contributed by atoms with Crippen LogP contribution in [0.2, 0.25) is 0 Å². The Bertz CT molecular complexity index is 447. The average Bonchev–Trinajstić information content (AvgIpc) is 2.17. The van der Waals surface area contributed by atoms with Gasteiger partial charge in [-0.15, -0.1) is 0 Å². The molecule has 0 saturated carbocycles. The molecule has 0 aromatic heterocycles. The first-order valence-electron chi connectivity index (χ1n) is 4.49. The molecule has 16 heavy (non-hydrogen) atoms. The summed E-state index contributed by atoms with van der Waals surface area (Å²) in [4.78, 5) is 9.55. The van der Waals surface area contributed by atoms with Crippen LogP contribution in [0.5, 0.6) is 0 Å². The lowest BCUT2D eigenvalue weighted by Gasteiger charge is -2.07. The minimum Gasteiger partial charge on any atom is -0.330 e. The van der Waals surface area contributed by atoms with E-state index in [0.717, 1.165) is 12.1 Å². The monoisotopic (exact) mass is 228 g/mol. The molecule has 0 radical (unpaired) electrons. The van der Waals surface area contributed by atoms with Gasteiger partial charge in [0.25, 0.3) is 0 Å². The lowest BCUT2D eigenvalue weighted by Crippen LogP contribution is -2.04. The Morgan fingerprint density at radius 1 is 1.50 bits per heavy atom. The molecular weight excluding hydrogens is 218 g/mol. The molecule has 86 valence electrons. The summed E-state index contributed by atoms with van der Waals surface area (Å²) in [5, 5.41) is 10.5. The number of rotatable bonds is 4. The van der Waals surface area contributed by atoms with E-state index >= 15 is 0 Å². The highest BCUT2D eigenvalue weighted by atomic mass is 19.1. The molecule has 1 rings (SSSR count). The Hall–Kier alpha value is -1.82. The maximum absolute atomic E-state index is 13.6. The second-order valence-corrected chi connectivity index (χ2v) is 3.15. The van der Waals surface area contributed by atoms with Gasteiger partial charge in [0.15, 0.2) is 0 Å². The van der Waals surface area contributed by atoms with Gasteiger partial charge in [0.2, 0.25) is 5.82 Å². The Morgan fingerprint density at radius 3 is 2.62 bits per heavy atom. The first-order chi connectivity index (χ1) is 7.49. The van der Waals surface area contributed by atoms with Gasteiger partial charge in [0.1, 0.15) is 5.82 Å². The fraction of sp³-hybridized carbons (Fsp3) is 0.200. The van der Waals surface area contributed by atoms with E-state index in [9.17, 15) is 18.9 Å². The van der Waals surface area contributed by atoms with Crippen molar-refractivity contribution in [3.63, 3.8) is 0 Å². The Balaban J connectivity index is 3.31. The molecule has 4 nitrogen and oxygen atoms in total. The third-order valence-corrected chi connectivity index (χ3v) is 2.07. The molecule has 0 aliphatic carbocycles. The Kier molecular flexibility index (Phi) is 3.68. The maximum Gasteiger partial charge on any atom is 0.305 e. The minimum absolute atomic E-state index is 0.112. The minimum atomic E-state index is -1.21. The standard InChI is InChI=1S/C10H10F2N2O2/c1-6(4-5-13)9-7(11)2-3-8(10(9)12)14(15)16/h2-3H,1,4-5,13H2. The van der Waals surface area contributed by atoms with Gasteiger partial charge in [0.05, 0.1) is 10.5 Å². The van der Waals surface area contributed by atoms with E-state index in [4.69, 9.17) is 5.73 Å². The first-order valence-corrected chi connectivity index (χ1v) is 4.49. The molecule has 0 amide bonds. The summed E-state index contributed by atoms with van der Waals surface area (Å²) in [6.45, 7) is 3.62. The molecule has 0 spiro atoms. The van der Waals surface area contributed by atoms with Gasteiger partial charge < -0.3 is 5.73 Å². The van der Waals surface area contributed by atoms with E-state index in [1.807, 2.05) is 0 Å². The van der Waals surface area contributed by atoms with E-state index in [1.165, 1.54) is 0 Å². The zero-order valence-electron chi connectivity index (χ0n) is 8.37. The average molecular weight is 228 g/mol. The molecule has 2 N–H and O–H groups in total. The van der Waals surface area contributed by atoms with Gasteiger partial charge in [-0.25, -0.2) is 4.39 Å². The number of nitro benzene ring substituents is 1. The van der Waals surface area contributed by atoms with Crippen LogP contribution in [-0.2, 0) is 0 Å². The summed E-state index contributed by atoms with van der Waals surface area (Å²) < 4.78 is 26.9. The van der Waals surface area contributed by atoms with Crippen LogP contribution >= 0.6 is 0 Å². The van der Waals surface area contributed by atoms with Crippen LogP contribution in [0.1, 0.15) is 12.0 Å². The van der Waals surface area contributed by atoms with Gasteiger partial charge in [-0.05, 0) is 24.6 Å². The molecule has 0 aliphatic rings. The van der Waals surface area contributed by atoms with Crippen molar-refractivity contribution in [2.45, 2.75) is 6.42 Å². The SMILES string of the molecule is C=C(CCN)c1c(F)ccc([N+](=O)[O-])c1F. The maximum atomic E-state index is 13.6. The molecule has 6 heteroatoms. The van der Waals surface area contributed by atoms with Gasteiger partial charge in [-0.3, -0.25) is 10.1 Å². The Labute approximate surface area is 90.5 Å². The second-order valence-electron chi connectivity index (χ2n) is 3.15. The van der Waals surface area contributed by atoms with Crippen molar-refractivity contribution in [3.05, 3.63) is 46.0 Å². The predicted molar refractivity (Wildman–Crippen MR) is 55.7 cm³/mol. The summed E-state index contributed by atoms with van der Waals surface area (Å²) >= 11 is 0. The lowest BCUT2D eigenvalue weighted by molar-refractivity contribution is -0.387. The van der Waals surface area contributed by atoms with Crippen molar-refractivity contribution in [2.75, 3.05) is 6.54 Å². The summed E-state index contributed by atoms with van der Waals surface area (Å²) in [6, 6.07) is 1.63. The topological polar surface area (TPSA) is 69.2 Å². The molecule has 0 atom stereocenters. The predicted octanol–water partition coefficient (Wildman–Crippen LogP) is 2.24. The normalized spacial score (nSPS) is 10.2. The number of halogens is 2. The van der Waals surface area contributed by atoms with Crippen LogP contribution in [0.3, 0.4) is 0 Å². The number of benzene rings is 1. The largest absolute Gasteiger partial charge is 0.330 e. The molecule has 1 aromatic rings. The summed E-state index contributed by atoms with van der Waals surface area (Å²) in [7, 11) is 0. The molecule has 0 bridgehead atoms. The molecule has 0 heterocycles.